The zero-order valence-corrected chi connectivity index (χ0v) is 11.9. The third-order valence-corrected chi connectivity index (χ3v) is 3.24. The zero-order valence-electron chi connectivity index (χ0n) is 11.9. The molecular formula is C17H12F2N2O2. The van der Waals surface area contributed by atoms with Gasteiger partial charge in [0, 0.05) is 18.2 Å². The first-order valence-corrected chi connectivity index (χ1v) is 6.88. The number of hydrogen-bond acceptors (Lipinski definition) is 3. The standard InChI is InChI=1S/C17H12F2N2O2/c18-13-7-6-11(8-14(13)19)10-20-17(22)15-9-16(23-21-15)12-4-2-1-3-5-12/h1-9H,10H2,(H,20,22). The molecule has 4 nitrogen and oxygen atoms in total. The van der Waals surface area contributed by atoms with Crippen LogP contribution in [0.2, 0.25) is 0 Å². The van der Waals surface area contributed by atoms with E-state index in [2.05, 4.69) is 10.5 Å². The minimum absolute atomic E-state index is 0.0591. The van der Waals surface area contributed by atoms with Crippen molar-refractivity contribution in [2.45, 2.75) is 6.54 Å². The van der Waals surface area contributed by atoms with Gasteiger partial charge in [-0.15, -0.1) is 0 Å². The quantitative estimate of drug-likeness (QED) is 0.801. The van der Waals surface area contributed by atoms with Gasteiger partial charge in [-0.1, -0.05) is 41.6 Å². The number of halogens is 2. The highest BCUT2D eigenvalue weighted by molar-refractivity contribution is 5.93. The maximum Gasteiger partial charge on any atom is 0.273 e. The van der Waals surface area contributed by atoms with E-state index in [4.69, 9.17) is 4.52 Å². The SMILES string of the molecule is O=C(NCc1ccc(F)c(F)c1)c1cc(-c2ccccc2)on1. The van der Waals surface area contributed by atoms with Gasteiger partial charge in [0.15, 0.2) is 23.1 Å². The molecule has 0 saturated heterocycles. The van der Waals surface area contributed by atoms with E-state index in [-0.39, 0.29) is 12.2 Å². The summed E-state index contributed by atoms with van der Waals surface area (Å²) in [5, 5.41) is 6.29. The number of carbonyl (C=O) groups is 1. The minimum atomic E-state index is -0.954. The van der Waals surface area contributed by atoms with E-state index in [1.54, 1.807) is 0 Å². The third kappa shape index (κ3) is 3.42. The summed E-state index contributed by atoms with van der Waals surface area (Å²) in [5.41, 5.74) is 1.37. The molecule has 116 valence electrons. The highest BCUT2D eigenvalue weighted by Gasteiger charge is 2.13. The van der Waals surface area contributed by atoms with Crippen LogP contribution in [0.5, 0.6) is 0 Å². The highest BCUT2D eigenvalue weighted by Crippen LogP contribution is 2.19. The van der Waals surface area contributed by atoms with Crippen LogP contribution < -0.4 is 5.32 Å². The molecule has 0 saturated carbocycles. The lowest BCUT2D eigenvalue weighted by molar-refractivity contribution is 0.0942. The Balaban J connectivity index is 1.67. The summed E-state index contributed by atoms with van der Waals surface area (Å²) in [5.74, 6) is -1.86. The number of aromatic nitrogens is 1. The van der Waals surface area contributed by atoms with E-state index in [1.807, 2.05) is 30.3 Å². The number of nitrogens with one attached hydrogen (secondary N) is 1. The van der Waals surface area contributed by atoms with Gasteiger partial charge in [-0.2, -0.15) is 0 Å². The van der Waals surface area contributed by atoms with Crippen molar-refractivity contribution in [1.29, 1.82) is 0 Å². The van der Waals surface area contributed by atoms with E-state index in [9.17, 15) is 13.6 Å². The second-order valence-corrected chi connectivity index (χ2v) is 4.87. The number of nitrogens with zero attached hydrogens (tertiary/aromatic N) is 1. The van der Waals surface area contributed by atoms with Crippen LogP contribution in [-0.4, -0.2) is 11.1 Å². The number of benzene rings is 2. The minimum Gasteiger partial charge on any atom is -0.355 e. The van der Waals surface area contributed by atoms with Crippen molar-refractivity contribution < 1.29 is 18.1 Å². The molecule has 1 heterocycles. The second-order valence-electron chi connectivity index (χ2n) is 4.87. The molecule has 0 aliphatic rings. The third-order valence-electron chi connectivity index (χ3n) is 3.24. The largest absolute Gasteiger partial charge is 0.355 e. The molecule has 1 aromatic heterocycles. The number of hydrogen-bond donors (Lipinski definition) is 1. The summed E-state index contributed by atoms with van der Waals surface area (Å²) in [6.45, 7) is 0.0591. The molecule has 2 aromatic carbocycles. The molecule has 0 spiro atoms. The van der Waals surface area contributed by atoms with Gasteiger partial charge in [0.05, 0.1) is 0 Å². The van der Waals surface area contributed by atoms with Gasteiger partial charge in [0.1, 0.15) is 0 Å². The van der Waals surface area contributed by atoms with Gasteiger partial charge in [0.2, 0.25) is 0 Å². The Kier molecular flexibility index (Phi) is 4.14. The van der Waals surface area contributed by atoms with Crippen molar-refractivity contribution in [3.63, 3.8) is 0 Å². The maximum absolute atomic E-state index is 13.1. The van der Waals surface area contributed by atoms with Crippen molar-refractivity contribution in [2.75, 3.05) is 0 Å². The molecule has 0 fully saturated rings. The molecule has 23 heavy (non-hydrogen) atoms. The molecule has 0 atom stereocenters. The van der Waals surface area contributed by atoms with Crippen LogP contribution in [0.25, 0.3) is 11.3 Å². The predicted octanol–water partition coefficient (Wildman–Crippen LogP) is 3.55. The fraction of sp³-hybridized carbons (Fsp3) is 0.0588. The van der Waals surface area contributed by atoms with E-state index in [1.165, 1.54) is 12.1 Å². The molecule has 1 N–H and O–H groups in total. The van der Waals surface area contributed by atoms with Crippen LogP contribution >= 0.6 is 0 Å². The monoisotopic (exact) mass is 314 g/mol. The second kappa shape index (κ2) is 6.39. The van der Waals surface area contributed by atoms with Crippen LogP contribution in [0.1, 0.15) is 16.1 Å². The number of rotatable bonds is 4. The molecule has 0 aliphatic heterocycles. The van der Waals surface area contributed by atoms with Crippen LogP contribution in [-0.2, 0) is 6.54 Å². The Morgan fingerprint density at radius 2 is 1.83 bits per heavy atom. The van der Waals surface area contributed by atoms with Gasteiger partial charge < -0.3 is 9.84 Å². The highest BCUT2D eigenvalue weighted by atomic mass is 19.2. The molecular weight excluding hydrogens is 302 g/mol. The first-order chi connectivity index (χ1) is 11.1. The van der Waals surface area contributed by atoms with Crippen molar-refractivity contribution in [2.24, 2.45) is 0 Å². The topological polar surface area (TPSA) is 55.1 Å². The average Bonchev–Trinajstić information content (AvgIpc) is 3.06. The Labute approximate surface area is 130 Å². The zero-order chi connectivity index (χ0) is 16.2. The van der Waals surface area contributed by atoms with Crippen LogP contribution in [0, 0.1) is 11.6 Å². The fourth-order valence-electron chi connectivity index (χ4n) is 2.04. The van der Waals surface area contributed by atoms with Gasteiger partial charge in [-0.05, 0) is 17.7 Å². The maximum atomic E-state index is 13.1. The summed E-state index contributed by atoms with van der Waals surface area (Å²) in [4.78, 5) is 12.0. The molecule has 0 unspecified atom stereocenters. The summed E-state index contributed by atoms with van der Waals surface area (Å²) in [7, 11) is 0. The summed E-state index contributed by atoms with van der Waals surface area (Å²) in [6.07, 6.45) is 0. The Morgan fingerprint density at radius 1 is 1.04 bits per heavy atom. The first-order valence-electron chi connectivity index (χ1n) is 6.88. The molecule has 6 heteroatoms. The van der Waals surface area contributed by atoms with E-state index in [0.717, 1.165) is 17.7 Å². The van der Waals surface area contributed by atoms with Crippen molar-refractivity contribution in [1.82, 2.24) is 10.5 Å². The van der Waals surface area contributed by atoms with E-state index in [0.29, 0.717) is 11.3 Å². The lowest BCUT2D eigenvalue weighted by Gasteiger charge is -2.03. The molecule has 3 rings (SSSR count). The molecule has 1 amide bonds. The summed E-state index contributed by atoms with van der Waals surface area (Å²) >= 11 is 0. The Hall–Kier alpha value is -3.02. The lowest BCUT2D eigenvalue weighted by atomic mass is 10.1. The molecule has 3 aromatic rings. The summed E-state index contributed by atoms with van der Waals surface area (Å²) in [6, 6.07) is 14.2. The van der Waals surface area contributed by atoms with Crippen molar-refractivity contribution in [3.05, 3.63) is 77.5 Å². The number of amides is 1. The van der Waals surface area contributed by atoms with Crippen molar-refractivity contribution >= 4 is 5.91 Å². The van der Waals surface area contributed by atoms with E-state index < -0.39 is 17.5 Å². The van der Waals surface area contributed by atoms with E-state index >= 15 is 0 Å². The van der Waals surface area contributed by atoms with Crippen LogP contribution in [0.15, 0.2) is 59.1 Å². The molecule has 0 aliphatic carbocycles. The Morgan fingerprint density at radius 3 is 2.57 bits per heavy atom. The van der Waals surface area contributed by atoms with Crippen LogP contribution in [0.3, 0.4) is 0 Å². The van der Waals surface area contributed by atoms with Crippen LogP contribution in [0.4, 0.5) is 8.78 Å². The summed E-state index contributed by atoms with van der Waals surface area (Å²) < 4.78 is 31.1. The fourth-order valence-corrected chi connectivity index (χ4v) is 2.04. The lowest BCUT2D eigenvalue weighted by Crippen LogP contribution is -2.23. The molecule has 0 radical (unpaired) electrons. The first kappa shape index (κ1) is 14.9. The predicted molar refractivity (Wildman–Crippen MR) is 79.5 cm³/mol. The number of carbonyl (C=O) groups excluding carboxylic acids is 1. The van der Waals surface area contributed by atoms with Gasteiger partial charge in [-0.25, -0.2) is 8.78 Å². The van der Waals surface area contributed by atoms with Gasteiger partial charge >= 0.3 is 0 Å². The normalized spacial score (nSPS) is 10.5. The van der Waals surface area contributed by atoms with Gasteiger partial charge in [-0.3, -0.25) is 4.79 Å². The van der Waals surface area contributed by atoms with Gasteiger partial charge in [0.25, 0.3) is 5.91 Å². The molecule has 0 bridgehead atoms. The Bertz CT molecular complexity index is 832. The van der Waals surface area contributed by atoms with Crippen molar-refractivity contribution in [3.8, 4) is 11.3 Å². The smallest absolute Gasteiger partial charge is 0.273 e. The average molecular weight is 314 g/mol.